The molecule has 13 heavy (non-hydrogen) atoms. The van der Waals surface area contributed by atoms with E-state index >= 15 is 0 Å². The fraction of sp³-hybridized carbons (Fsp3) is 0.333. The van der Waals surface area contributed by atoms with Gasteiger partial charge in [0, 0.05) is 0 Å². The maximum absolute atomic E-state index is 10.9. The van der Waals surface area contributed by atoms with Crippen LogP contribution in [0, 0.1) is 11.8 Å². The SMILES string of the molecule is C=C1C=CCC(C(N)=O)C1C(=O)O. The number of hydrogen-bond acceptors (Lipinski definition) is 2. The molecule has 4 nitrogen and oxygen atoms in total. The summed E-state index contributed by atoms with van der Waals surface area (Å²) < 4.78 is 0. The van der Waals surface area contributed by atoms with Gasteiger partial charge in [-0.25, -0.2) is 0 Å². The Morgan fingerprint density at radius 3 is 2.62 bits per heavy atom. The van der Waals surface area contributed by atoms with E-state index in [-0.39, 0.29) is 0 Å². The molecule has 1 aliphatic rings. The first-order valence-electron chi connectivity index (χ1n) is 3.91. The van der Waals surface area contributed by atoms with Crippen molar-refractivity contribution in [2.75, 3.05) is 0 Å². The molecule has 4 heteroatoms. The quantitative estimate of drug-likeness (QED) is 0.643. The third-order valence-electron chi connectivity index (χ3n) is 2.16. The number of nitrogens with two attached hydrogens (primary N) is 1. The number of allylic oxidation sites excluding steroid dienone is 2. The van der Waals surface area contributed by atoms with Crippen LogP contribution in [0.5, 0.6) is 0 Å². The van der Waals surface area contributed by atoms with E-state index in [1.54, 1.807) is 12.2 Å². The van der Waals surface area contributed by atoms with E-state index in [4.69, 9.17) is 10.8 Å². The summed E-state index contributed by atoms with van der Waals surface area (Å²) in [7, 11) is 0. The minimum Gasteiger partial charge on any atom is -0.481 e. The first-order valence-corrected chi connectivity index (χ1v) is 3.91. The Hall–Kier alpha value is -1.58. The largest absolute Gasteiger partial charge is 0.481 e. The van der Waals surface area contributed by atoms with Crippen LogP contribution in [0.3, 0.4) is 0 Å². The zero-order valence-corrected chi connectivity index (χ0v) is 7.06. The van der Waals surface area contributed by atoms with E-state index in [1.807, 2.05) is 0 Å². The van der Waals surface area contributed by atoms with Crippen molar-refractivity contribution < 1.29 is 14.7 Å². The van der Waals surface area contributed by atoms with Crippen LogP contribution in [0.2, 0.25) is 0 Å². The zero-order valence-electron chi connectivity index (χ0n) is 7.06. The molecule has 1 rings (SSSR count). The summed E-state index contributed by atoms with van der Waals surface area (Å²) in [6, 6.07) is 0. The summed E-state index contributed by atoms with van der Waals surface area (Å²) in [5.74, 6) is -3.14. The van der Waals surface area contributed by atoms with Crippen molar-refractivity contribution in [3.8, 4) is 0 Å². The Morgan fingerprint density at radius 2 is 2.23 bits per heavy atom. The van der Waals surface area contributed by atoms with Crippen LogP contribution in [0.4, 0.5) is 0 Å². The highest BCUT2D eigenvalue weighted by molar-refractivity contribution is 5.86. The molecule has 1 amide bonds. The molecule has 2 unspecified atom stereocenters. The highest BCUT2D eigenvalue weighted by atomic mass is 16.4. The van der Waals surface area contributed by atoms with E-state index in [0.717, 1.165) is 0 Å². The van der Waals surface area contributed by atoms with E-state index in [0.29, 0.717) is 12.0 Å². The number of carbonyl (C=O) groups excluding carboxylic acids is 1. The molecular formula is C9H11NO3. The Kier molecular flexibility index (Phi) is 2.51. The highest BCUT2D eigenvalue weighted by Gasteiger charge is 2.34. The Balaban J connectivity index is 2.96. The van der Waals surface area contributed by atoms with Crippen molar-refractivity contribution in [2.45, 2.75) is 6.42 Å². The molecule has 0 radical (unpaired) electrons. The second kappa shape index (κ2) is 3.43. The number of primary amides is 1. The van der Waals surface area contributed by atoms with Crippen LogP contribution < -0.4 is 5.73 Å². The van der Waals surface area contributed by atoms with Crippen LogP contribution in [-0.4, -0.2) is 17.0 Å². The fourth-order valence-corrected chi connectivity index (χ4v) is 1.48. The Labute approximate surface area is 75.7 Å². The summed E-state index contributed by atoms with van der Waals surface area (Å²) >= 11 is 0. The predicted molar refractivity (Wildman–Crippen MR) is 46.7 cm³/mol. The highest BCUT2D eigenvalue weighted by Crippen LogP contribution is 2.28. The Bertz CT molecular complexity index is 293. The number of aliphatic carboxylic acids is 1. The van der Waals surface area contributed by atoms with Crippen molar-refractivity contribution in [1.29, 1.82) is 0 Å². The first-order chi connectivity index (χ1) is 6.04. The molecule has 1 aliphatic carbocycles. The van der Waals surface area contributed by atoms with Gasteiger partial charge in [-0.3, -0.25) is 9.59 Å². The summed E-state index contributed by atoms with van der Waals surface area (Å²) in [4.78, 5) is 21.7. The van der Waals surface area contributed by atoms with Crippen molar-refractivity contribution >= 4 is 11.9 Å². The lowest BCUT2D eigenvalue weighted by molar-refractivity contribution is -0.144. The molecule has 0 bridgehead atoms. The van der Waals surface area contributed by atoms with Crippen LogP contribution in [0.1, 0.15) is 6.42 Å². The average Bonchev–Trinajstić information content (AvgIpc) is 2.02. The van der Waals surface area contributed by atoms with Gasteiger partial charge >= 0.3 is 5.97 Å². The van der Waals surface area contributed by atoms with Gasteiger partial charge in [0.2, 0.25) is 5.91 Å². The molecule has 0 aromatic carbocycles. The number of hydrogen-bond donors (Lipinski definition) is 2. The molecule has 2 atom stereocenters. The third kappa shape index (κ3) is 1.77. The van der Waals surface area contributed by atoms with Gasteiger partial charge in [-0.2, -0.15) is 0 Å². The molecule has 0 heterocycles. The van der Waals surface area contributed by atoms with Gasteiger partial charge in [-0.15, -0.1) is 0 Å². The number of carbonyl (C=O) groups is 2. The van der Waals surface area contributed by atoms with Gasteiger partial charge in [-0.1, -0.05) is 18.7 Å². The molecular weight excluding hydrogens is 170 g/mol. The lowest BCUT2D eigenvalue weighted by Gasteiger charge is -2.23. The second-order valence-electron chi connectivity index (χ2n) is 3.04. The van der Waals surface area contributed by atoms with Crippen molar-refractivity contribution in [3.63, 3.8) is 0 Å². The average molecular weight is 181 g/mol. The van der Waals surface area contributed by atoms with Gasteiger partial charge < -0.3 is 10.8 Å². The summed E-state index contributed by atoms with van der Waals surface area (Å²) in [6.45, 7) is 3.57. The number of amides is 1. The van der Waals surface area contributed by atoms with Crippen molar-refractivity contribution in [2.24, 2.45) is 17.6 Å². The first kappa shape index (κ1) is 9.51. The maximum Gasteiger partial charge on any atom is 0.311 e. The number of rotatable bonds is 2. The number of carboxylic acid groups (broad SMARTS) is 1. The van der Waals surface area contributed by atoms with Gasteiger partial charge in [-0.05, 0) is 12.0 Å². The third-order valence-corrected chi connectivity index (χ3v) is 2.16. The lowest BCUT2D eigenvalue weighted by Crippen LogP contribution is -2.36. The molecule has 0 aromatic heterocycles. The molecule has 0 saturated heterocycles. The smallest absolute Gasteiger partial charge is 0.311 e. The molecule has 0 aliphatic heterocycles. The van der Waals surface area contributed by atoms with E-state index < -0.39 is 23.7 Å². The minimum absolute atomic E-state index is 0.380. The molecule has 0 aromatic rings. The normalized spacial score (nSPS) is 27.2. The van der Waals surface area contributed by atoms with E-state index in [9.17, 15) is 9.59 Å². The monoisotopic (exact) mass is 181 g/mol. The predicted octanol–water partition coefficient (Wildman–Crippen LogP) is 0.305. The maximum atomic E-state index is 10.9. The van der Waals surface area contributed by atoms with Gasteiger partial charge in [0.1, 0.15) is 0 Å². The van der Waals surface area contributed by atoms with Crippen LogP contribution in [0.25, 0.3) is 0 Å². The van der Waals surface area contributed by atoms with Crippen molar-refractivity contribution in [1.82, 2.24) is 0 Å². The molecule has 70 valence electrons. The van der Waals surface area contributed by atoms with Gasteiger partial charge in [0.15, 0.2) is 0 Å². The topological polar surface area (TPSA) is 80.4 Å². The summed E-state index contributed by atoms with van der Waals surface area (Å²) in [5, 5.41) is 8.83. The lowest BCUT2D eigenvalue weighted by atomic mass is 9.80. The van der Waals surface area contributed by atoms with E-state index in [1.165, 1.54) is 0 Å². The van der Waals surface area contributed by atoms with Crippen LogP contribution >= 0.6 is 0 Å². The molecule has 0 fully saturated rings. The van der Waals surface area contributed by atoms with E-state index in [2.05, 4.69) is 6.58 Å². The molecule has 0 saturated carbocycles. The zero-order chi connectivity index (χ0) is 10.0. The fourth-order valence-electron chi connectivity index (χ4n) is 1.48. The molecule has 0 spiro atoms. The van der Waals surface area contributed by atoms with Crippen LogP contribution in [0.15, 0.2) is 24.3 Å². The Morgan fingerprint density at radius 1 is 1.62 bits per heavy atom. The van der Waals surface area contributed by atoms with Gasteiger partial charge in [0.05, 0.1) is 11.8 Å². The number of carboxylic acids is 1. The second-order valence-corrected chi connectivity index (χ2v) is 3.04. The van der Waals surface area contributed by atoms with Crippen LogP contribution in [-0.2, 0) is 9.59 Å². The van der Waals surface area contributed by atoms with Gasteiger partial charge in [0.25, 0.3) is 0 Å². The standard InChI is InChI=1S/C9H11NO3/c1-5-3-2-4-6(8(10)11)7(5)9(12)13/h2-3,6-7H,1,4H2,(H2,10,11)(H,12,13). The van der Waals surface area contributed by atoms with Crippen molar-refractivity contribution in [3.05, 3.63) is 24.3 Å². The molecule has 3 N–H and O–H groups in total. The minimum atomic E-state index is -1.04. The summed E-state index contributed by atoms with van der Waals surface area (Å²) in [5.41, 5.74) is 5.51. The summed E-state index contributed by atoms with van der Waals surface area (Å²) in [6.07, 6.45) is 3.72.